The molecule has 154 valence electrons. The van der Waals surface area contributed by atoms with Crippen LogP contribution in [0.15, 0.2) is 47.6 Å². The van der Waals surface area contributed by atoms with Crippen LogP contribution in [-0.2, 0) is 9.84 Å². The highest BCUT2D eigenvalue weighted by atomic mass is 32.2. The average molecular weight is 424 g/mol. The van der Waals surface area contributed by atoms with E-state index in [1.807, 2.05) is 6.92 Å². The van der Waals surface area contributed by atoms with Gasteiger partial charge in [-0.05, 0) is 32.9 Å². The number of aryl methyl sites for hydroxylation is 1. The zero-order valence-corrected chi connectivity index (χ0v) is 17.4. The predicted octanol–water partition coefficient (Wildman–Crippen LogP) is 3.09. The third-order valence-corrected chi connectivity index (χ3v) is 6.84. The molecule has 3 N–H and O–H groups in total. The number of nitrogens with zero attached hydrogens (tertiary/aromatic N) is 3. The number of carbonyl (C=O) groups is 1. The van der Waals surface area contributed by atoms with Gasteiger partial charge in [0.2, 0.25) is 0 Å². The van der Waals surface area contributed by atoms with Crippen molar-refractivity contribution in [3.63, 3.8) is 0 Å². The lowest BCUT2D eigenvalue weighted by atomic mass is 10.1. The summed E-state index contributed by atoms with van der Waals surface area (Å²) in [6.45, 7) is 5.13. The van der Waals surface area contributed by atoms with Crippen LogP contribution in [0.3, 0.4) is 0 Å². The number of hydrogen-bond donors (Lipinski definition) is 3. The molecule has 0 aliphatic carbocycles. The number of hydrogen-bond acceptors (Lipinski definition) is 6. The molecule has 0 saturated heterocycles. The molecular formula is C20H20N6O3S. The molecule has 0 aliphatic rings. The van der Waals surface area contributed by atoms with Crippen molar-refractivity contribution in [3.8, 4) is 11.3 Å². The molecule has 0 atom stereocenters. The van der Waals surface area contributed by atoms with Crippen molar-refractivity contribution in [1.29, 1.82) is 0 Å². The normalized spacial score (nSPS) is 11.9. The Kier molecular flexibility index (Phi) is 4.86. The lowest BCUT2D eigenvalue weighted by Gasteiger charge is -2.08. The van der Waals surface area contributed by atoms with E-state index in [4.69, 9.17) is 0 Å². The molecule has 10 heteroatoms. The molecule has 4 aromatic rings. The summed E-state index contributed by atoms with van der Waals surface area (Å²) in [6, 6.07) is 8.20. The molecule has 0 radical (unpaired) electrons. The van der Waals surface area contributed by atoms with E-state index < -0.39 is 15.1 Å². The van der Waals surface area contributed by atoms with Gasteiger partial charge >= 0.3 is 0 Å². The van der Waals surface area contributed by atoms with E-state index in [1.165, 1.54) is 0 Å². The minimum atomic E-state index is -3.35. The second-order valence-corrected chi connectivity index (χ2v) is 9.67. The Bertz CT molecular complexity index is 1340. The lowest BCUT2D eigenvalue weighted by molar-refractivity contribution is 0.102. The van der Waals surface area contributed by atoms with Crippen molar-refractivity contribution in [2.24, 2.45) is 0 Å². The molecule has 4 rings (SSSR count). The number of carbonyl (C=O) groups excluding carboxylic acids is 1. The van der Waals surface area contributed by atoms with Crippen LogP contribution in [0.4, 0.5) is 5.82 Å². The number of H-pyrrole nitrogens is 2. The third-order valence-electron chi connectivity index (χ3n) is 4.67. The summed E-state index contributed by atoms with van der Waals surface area (Å²) in [7, 11) is -3.35. The Labute approximate surface area is 172 Å². The van der Waals surface area contributed by atoms with Gasteiger partial charge in [-0.3, -0.25) is 9.89 Å². The van der Waals surface area contributed by atoms with Gasteiger partial charge < -0.3 is 10.3 Å². The van der Waals surface area contributed by atoms with Gasteiger partial charge in [0.25, 0.3) is 5.91 Å². The summed E-state index contributed by atoms with van der Waals surface area (Å²) < 4.78 is 24.6. The van der Waals surface area contributed by atoms with Crippen molar-refractivity contribution in [1.82, 2.24) is 25.1 Å². The first kappa shape index (κ1) is 19.8. The van der Waals surface area contributed by atoms with Crippen LogP contribution in [0.25, 0.3) is 22.4 Å². The molecule has 0 bridgehead atoms. The maximum atomic E-state index is 12.6. The van der Waals surface area contributed by atoms with Crippen LogP contribution in [0.5, 0.6) is 0 Å². The number of aromatic amines is 2. The zero-order chi connectivity index (χ0) is 21.5. The fourth-order valence-electron chi connectivity index (χ4n) is 2.96. The Morgan fingerprint density at radius 2 is 1.90 bits per heavy atom. The van der Waals surface area contributed by atoms with Crippen molar-refractivity contribution >= 4 is 32.7 Å². The highest BCUT2D eigenvalue weighted by Gasteiger charge is 2.20. The number of benzene rings is 1. The monoisotopic (exact) mass is 424 g/mol. The minimum absolute atomic E-state index is 0.256. The van der Waals surface area contributed by atoms with E-state index in [2.05, 4.69) is 30.5 Å². The van der Waals surface area contributed by atoms with Gasteiger partial charge in [0, 0.05) is 23.5 Å². The zero-order valence-electron chi connectivity index (χ0n) is 16.6. The van der Waals surface area contributed by atoms with Crippen LogP contribution in [0.2, 0.25) is 0 Å². The first-order valence-corrected chi connectivity index (χ1v) is 10.8. The summed E-state index contributed by atoms with van der Waals surface area (Å²) >= 11 is 0. The maximum Gasteiger partial charge on any atom is 0.260 e. The number of rotatable bonds is 5. The summed E-state index contributed by atoms with van der Waals surface area (Å²) in [5.74, 6) is 0.0514. The molecule has 3 aromatic heterocycles. The largest absolute Gasteiger partial charge is 0.344 e. The third kappa shape index (κ3) is 3.57. The van der Waals surface area contributed by atoms with Gasteiger partial charge in [0.05, 0.1) is 27.6 Å². The van der Waals surface area contributed by atoms with Gasteiger partial charge in [-0.1, -0.05) is 12.1 Å². The summed E-state index contributed by atoms with van der Waals surface area (Å²) in [5, 5.41) is 8.98. The molecule has 1 amide bonds. The van der Waals surface area contributed by atoms with Crippen LogP contribution >= 0.6 is 0 Å². The Balaban J connectivity index is 1.66. The predicted molar refractivity (Wildman–Crippen MR) is 113 cm³/mol. The van der Waals surface area contributed by atoms with Crippen LogP contribution in [-0.4, -0.2) is 44.7 Å². The SMILES string of the molecule is Cc1cc(NC(=O)c2c[nH]c3ncc(-c4ccc(S(=O)(=O)C(C)C)cc4)nc23)n[nH]1. The standard InChI is InChI=1S/C20H20N6O3S/c1-11(2)30(28,29)14-6-4-13(5-7-14)16-10-22-19-18(23-16)15(9-21-19)20(27)24-17-8-12(3)25-26-17/h4-11H,1-3H3,(H,21,22)(H2,24,25,26,27). The highest BCUT2D eigenvalue weighted by molar-refractivity contribution is 7.92. The molecule has 3 heterocycles. The van der Waals surface area contributed by atoms with Gasteiger partial charge in [-0.25, -0.2) is 18.4 Å². The smallest absolute Gasteiger partial charge is 0.260 e. The maximum absolute atomic E-state index is 12.6. The van der Waals surface area contributed by atoms with E-state index in [0.717, 1.165) is 5.69 Å². The fraction of sp³-hybridized carbons (Fsp3) is 0.200. The fourth-order valence-corrected chi connectivity index (χ4v) is 4.02. The summed E-state index contributed by atoms with van der Waals surface area (Å²) in [5.41, 5.74) is 3.27. The molecule has 0 fully saturated rings. The van der Waals surface area contributed by atoms with Crippen molar-refractivity contribution in [2.45, 2.75) is 30.9 Å². The summed E-state index contributed by atoms with van der Waals surface area (Å²) in [6.07, 6.45) is 3.12. The average Bonchev–Trinajstić information content (AvgIpc) is 3.33. The van der Waals surface area contributed by atoms with Gasteiger partial charge in [-0.2, -0.15) is 5.10 Å². The van der Waals surface area contributed by atoms with Crippen LogP contribution in [0.1, 0.15) is 29.9 Å². The molecule has 0 aliphatic heterocycles. The van der Waals surface area contributed by atoms with Crippen molar-refractivity contribution < 1.29 is 13.2 Å². The van der Waals surface area contributed by atoms with E-state index in [0.29, 0.717) is 33.8 Å². The molecule has 9 nitrogen and oxygen atoms in total. The highest BCUT2D eigenvalue weighted by Crippen LogP contribution is 2.24. The second-order valence-electron chi connectivity index (χ2n) is 7.16. The number of sulfone groups is 1. The van der Waals surface area contributed by atoms with Gasteiger partial charge in [0.15, 0.2) is 21.3 Å². The molecule has 1 aromatic carbocycles. The van der Waals surface area contributed by atoms with Crippen LogP contribution < -0.4 is 5.32 Å². The van der Waals surface area contributed by atoms with Crippen molar-refractivity contribution in [2.75, 3.05) is 5.32 Å². The molecule has 30 heavy (non-hydrogen) atoms. The number of aromatic nitrogens is 5. The van der Waals surface area contributed by atoms with E-state index >= 15 is 0 Å². The Morgan fingerprint density at radius 1 is 1.17 bits per heavy atom. The van der Waals surface area contributed by atoms with Crippen LogP contribution in [0, 0.1) is 6.92 Å². The van der Waals surface area contributed by atoms with E-state index in [1.54, 1.807) is 56.6 Å². The second kappa shape index (κ2) is 7.38. The number of fused-ring (bicyclic) bond motifs is 1. The first-order chi connectivity index (χ1) is 14.3. The summed E-state index contributed by atoms with van der Waals surface area (Å²) in [4.78, 5) is 24.7. The quantitative estimate of drug-likeness (QED) is 0.451. The number of amides is 1. The molecular weight excluding hydrogens is 404 g/mol. The van der Waals surface area contributed by atoms with E-state index in [9.17, 15) is 13.2 Å². The topological polar surface area (TPSA) is 133 Å². The Morgan fingerprint density at radius 3 is 2.53 bits per heavy atom. The Hall–Kier alpha value is -3.53. The number of anilines is 1. The first-order valence-electron chi connectivity index (χ1n) is 9.27. The molecule has 0 spiro atoms. The van der Waals surface area contributed by atoms with Gasteiger partial charge in [-0.15, -0.1) is 0 Å². The van der Waals surface area contributed by atoms with Crippen molar-refractivity contribution in [3.05, 3.63) is 54.0 Å². The molecule has 0 unspecified atom stereocenters. The van der Waals surface area contributed by atoms with Gasteiger partial charge in [0.1, 0.15) is 5.52 Å². The van der Waals surface area contributed by atoms with E-state index in [-0.39, 0.29) is 10.8 Å². The lowest BCUT2D eigenvalue weighted by Crippen LogP contribution is -2.13. The minimum Gasteiger partial charge on any atom is -0.344 e. The number of nitrogens with one attached hydrogen (secondary N) is 3. The molecule has 0 saturated carbocycles.